The average molecular weight is 585 g/mol. The third-order valence-corrected chi connectivity index (χ3v) is 6.99. The molecule has 2 fully saturated rings. The van der Waals surface area contributed by atoms with Gasteiger partial charge in [0.2, 0.25) is 6.79 Å². The maximum Gasteiger partial charge on any atom is 0.331 e. The van der Waals surface area contributed by atoms with Crippen molar-refractivity contribution in [1.82, 2.24) is 10.3 Å². The smallest absolute Gasteiger partial charge is 0.331 e. The van der Waals surface area contributed by atoms with Crippen molar-refractivity contribution in [3.05, 3.63) is 53.3 Å². The minimum atomic E-state index is -1.20. The van der Waals surface area contributed by atoms with E-state index in [1.165, 1.54) is 26.3 Å². The third kappa shape index (κ3) is 8.19. The van der Waals surface area contributed by atoms with Gasteiger partial charge < -0.3 is 33.7 Å². The molecular weight excluding hydrogens is 548 g/mol. The summed E-state index contributed by atoms with van der Waals surface area (Å²) in [6, 6.07) is 8.28. The van der Waals surface area contributed by atoms with Gasteiger partial charge in [-0.15, -0.1) is 0 Å². The van der Waals surface area contributed by atoms with Crippen LogP contribution in [-0.2, 0) is 39.8 Å². The van der Waals surface area contributed by atoms with Gasteiger partial charge in [0.1, 0.15) is 12.2 Å². The molecule has 1 N–H and O–H groups in total. The molecule has 1 amide bonds. The van der Waals surface area contributed by atoms with Gasteiger partial charge >= 0.3 is 17.9 Å². The maximum absolute atomic E-state index is 13.3. The molecule has 1 aliphatic heterocycles. The van der Waals surface area contributed by atoms with E-state index in [-0.39, 0.29) is 48.2 Å². The van der Waals surface area contributed by atoms with Crippen LogP contribution < -0.4 is 14.8 Å². The molecule has 2 aliphatic rings. The fourth-order valence-corrected chi connectivity index (χ4v) is 4.55. The molecule has 0 unspecified atom stereocenters. The van der Waals surface area contributed by atoms with Gasteiger partial charge in [-0.3, -0.25) is 14.4 Å². The van der Waals surface area contributed by atoms with E-state index in [0.29, 0.717) is 6.42 Å². The largest absolute Gasteiger partial charge is 0.493 e. The lowest BCUT2D eigenvalue weighted by atomic mass is 9.91. The molecule has 226 valence electrons. The molecule has 1 saturated carbocycles. The number of hydrogen-bond donors (Lipinski definition) is 1. The Morgan fingerprint density at radius 2 is 1.83 bits per heavy atom. The lowest BCUT2D eigenvalue weighted by Crippen LogP contribution is -2.47. The standard InChI is InChI=1S/C30H36N2O10/c1-17-5-7-20(8-6-17)13-22-14-38-15-23(30(36)41-18(2)26(22)42-29(35)21-9-10-21)32-28(34)25-27(40-16-39-19(3)33)24(37-4)11-12-31-25/h5-8,11-12,18,21-23,26H,9-10,13-16H2,1-4H3,(H,32,34)/t18-,22-,23-,26-/m0/s1. The first-order chi connectivity index (χ1) is 20.2. The number of methoxy groups -OCH3 is 1. The first-order valence-corrected chi connectivity index (χ1v) is 13.8. The van der Waals surface area contributed by atoms with Crippen LogP contribution in [0.25, 0.3) is 0 Å². The second-order valence-corrected chi connectivity index (χ2v) is 10.4. The molecule has 2 aromatic rings. The third-order valence-electron chi connectivity index (χ3n) is 6.99. The van der Waals surface area contributed by atoms with Gasteiger partial charge in [0.25, 0.3) is 5.91 Å². The fraction of sp³-hybridized carbons (Fsp3) is 0.500. The van der Waals surface area contributed by atoms with E-state index in [1.54, 1.807) is 6.92 Å². The van der Waals surface area contributed by atoms with Crippen LogP contribution in [0.1, 0.15) is 48.3 Å². The molecule has 12 heteroatoms. The lowest BCUT2D eigenvalue weighted by molar-refractivity contribution is -0.172. The number of hydrogen-bond acceptors (Lipinski definition) is 11. The first-order valence-electron chi connectivity index (χ1n) is 13.8. The molecule has 42 heavy (non-hydrogen) atoms. The van der Waals surface area contributed by atoms with Gasteiger partial charge in [0, 0.05) is 25.1 Å². The van der Waals surface area contributed by atoms with Crippen LogP contribution in [0.5, 0.6) is 11.5 Å². The highest BCUT2D eigenvalue weighted by molar-refractivity contribution is 5.98. The van der Waals surface area contributed by atoms with Gasteiger partial charge in [-0.2, -0.15) is 0 Å². The second kappa shape index (κ2) is 14.1. The van der Waals surface area contributed by atoms with Crippen molar-refractivity contribution in [2.45, 2.75) is 58.3 Å². The summed E-state index contributed by atoms with van der Waals surface area (Å²) < 4.78 is 33.1. The summed E-state index contributed by atoms with van der Waals surface area (Å²) in [5.41, 5.74) is 1.94. The number of ether oxygens (including phenoxy) is 6. The summed E-state index contributed by atoms with van der Waals surface area (Å²) in [4.78, 5) is 54.4. The van der Waals surface area contributed by atoms with Crippen molar-refractivity contribution in [1.29, 1.82) is 0 Å². The lowest BCUT2D eigenvalue weighted by Gasteiger charge is -2.30. The van der Waals surface area contributed by atoms with Gasteiger partial charge in [-0.05, 0) is 38.7 Å². The summed E-state index contributed by atoms with van der Waals surface area (Å²) in [6.07, 6.45) is 1.85. The van der Waals surface area contributed by atoms with Gasteiger partial charge in [-0.25, -0.2) is 9.78 Å². The van der Waals surface area contributed by atoms with E-state index in [1.807, 2.05) is 31.2 Å². The molecule has 1 aromatic carbocycles. The van der Waals surface area contributed by atoms with Crippen LogP contribution in [-0.4, -0.2) is 74.2 Å². The number of aryl methyl sites for hydroxylation is 1. The molecule has 0 radical (unpaired) electrons. The Kier molecular flexibility index (Phi) is 10.3. The van der Waals surface area contributed by atoms with E-state index >= 15 is 0 Å². The summed E-state index contributed by atoms with van der Waals surface area (Å²) in [7, 11) is 1.38. The van der Waals surface area contributed by atoms with Gasteiger partial charge in [-0.1, -0.05) is 29.8 Å². The number of rotatable bonds is 10. The van der Waals surface area contributed by atoms with Crippen LogP contribution >= 0.6 is 0 Å². The number of pyridine rings is 1. The van der Waals surface area contributed by atoms with Crippen LogP contribution in [0, 0.1) is 18.8 Å². The predicted molar refractivity (Wildman–Crippen MR) is 147 cm³/mol. The van der Waals surface area contributed by atoms with E-state index in [0.717, 1.165) is 24.0 Å². The summed E-state index contributed by atoms with van der Waals surface area (Å²) in [5.74, 6) is -2.77. The Hall–Kier alpha value is -4.19. The Balaban J connectivity index is 1.52. The van der Waals surface area contributed by atoms with Crippen molar-refractivity contribution in [3.8, 4) is 11.5 Å². The molecule has 0 spiro atoms. The van der Waals surface area contributed by atoms with E-state index in [9.17, 15) is 19.2 Å². The maximum atomic E-state index is 13.3. The normalized spacial score (nSPS) is 22.4. The van der Waals surface area contributed by atoms with Crippen molar-refractivity contribution in [2.24, 2.45) is 11.8 Å². The molecule has 2 heterocycles. The first kappa shape index (κ1) is 30.8. The zero-order valence-electron chi connectivity index (χ0n) is 24.1. The second-order valence-electron chi connectivity index (χ2n) is 10.4. The van der Waals surface area contributed by atoms with Crippen molar-refractivity contribution < 1.29 is 47.6 Å². The van der Waals surface area contributed by atoms with E-state index in [4.69, 9.17) is 28.4 Å². The number of esters is 3. The highest BCUT2D eigenvalue weighted by Crippen LogP contribution is 2.33. The van der Waals surface area contributed by atoms with Crippen LogP contribution in [0.3, 0.4) is 0 Å². The molecule has 1 saturated heterocycles. The molecular formula is C30H36N2O10. The molecule has 4 rings (SSSR count). The van der Waals surface area contributed by atoms with E-state index in [2.05, 4.69) is 10.3 Å². The van der Waals surface area contributed by atoms with Crippen molar-refractivity contribution in [2.75, 3.05) is 27.1 Å². The highest BCUT2D eigenvalue weighted by Gasteiger charge is 2.40. The Morgan fingerprint density at radius 1 is 1.10 bits per heavy atom. The quantitative estimate of drug-likeness (QED) is 0.249. The predicted octanol–water partition coefficient (Wildman–Crippen LogP) is 2.54. The summed E-state index contributed by atoms with van der Waals surface area (Å²) >= 11 is 0. The number of nitrogens with zero attached hydrogens (tertiary/aromatic N) is 1. The highest BCUT2D eigenvalue weighted by atomic mass is 16.7. The number of carbonyl (C=O) groups is 4. The zero-order valence-corrected chi connectivity index (χ0v) is 24.1. The number of benzene rings is 1. The van der Waals surface area contributed by atoms with Gasteiger partial charge in [0.05, 0.1) is 26.2 Å². The summed E-state index contributed by atoms with van der Waals surface area (Å²) in [5, 5.41) is 2.59. The molecule has 4 atom stereocenters. The molecule has 12 nitrogen and oxygen atoms in total. The number of aromatic nitrogens is 1. The number of carbonyl (C=O) groups excluding carboxylic acids is 4. The SMILES string of the molecule is COc1ccnc(C(=O)N[C@H]2COC[C@H](Cc3ccc(C)cc3)[C@@H](OC(=O)C3CC3)[C@H](C)OC2=O)c1OCOC(C)=O. The molecule has 1 aromatic heterocycles. The van der Waals surface area contributed by atoms with Gasteiger partial charge in [0.15, 0.2) is 23.2 Å². The van der Waals surface area contributed by atoms with Crippen LogP contribution in [0.2, 0.25) is 0 Å². The minimum absolute atomic E-state index is 0.0744. The Bertz CT molecular complexity index is 1280. The average Bonchev–Trinajstić information content (AvgIpc) is 3.81. The topological polar surface area (TPSA) is 149 Å². The van der Waals surface area contributed by atoms with Crippen molar-refractivity contribution in [3.63, 3.8) is 0 Å². The Morgan fingerprint density at radius 3 is 2.50 bits per heavy atom. The summed E-state index contributed by atoms with van der Waals surface area (Å²) in [6.45, 7) is 4.35. The van der Waals surface area contributed by atoms with Crippen LogP contribution in [0.15, 0.2) is 36.5 Å². The monoisotopic (exact) mass is 584 g/mol. The molecule has 1 aliphatic carbocycles. The zero-order chi connectivity index (χ0) is 30.2. The fourth-order valence-electron chi connectivity index (χ4n) is 4.55. The number of amides is 1. The molecule has 0 bridgehead atoms. The number of nitrogens with one attached hydrogen (secondary N) is 1. The van der Waals surface area contributed by atoms with Crippen LogP contribution in [0.4, 0.5) is 0 Å². The Labute approximate surface area is 244 Å². The van der Waals surface area contributed by atoms with E-state index < -0.39 is 42.9 Å². The number of cyclic esters (lactones) is 1. The van der Waals surface area contributed by atoms with Crippen molar-refractivity contribution >= 4 is 23.8 Å². The minimum Gasteiger partial charge on any atom is -0.493 e.